The van der Waals surface area contributed by atoms with E-state index in [0.29, 0.717) is 0 Å². The van der Waals surface area contributed by atoms with Crippen molar-refractivity contribution in [3.63, 3.8) is 0 Å². The van der Waals surface area contributed by atoms with Gasteiger partial charge in [-0.1, -0.05) is 5.92 Å². The zero-order valence-corrected chi connectivity index (χ0v) is 3.00. The Morgan fingerprint density at radius 1 is 2.00 bits per heavy atom. The second kappa shape index (κ2) is 3.12. The minimum atomic E-state index is 1.68. The molecule has 0 bridgehead atoms. The van der Waals surface area contributed by atoms with E-state index in [2.05, 4.69) is 17.8 Å². The van der Waals surface area contributed by atoms with Crippen molar-refractivity contribution in [1.29, 1.82) is 0 Å². The fourth-order valence-electron chi connectivity index (χ4n) is 0.0625. The SMILES string of the molecule is [2H]C#CC#CC. The van der Waals surface area contributed by atoms with Crippen LogP contribution in [0.5, 0.6) is 0 Å². The molecule has 0 unspecified atom stereocenters. The van der Waals surface area contributed by atoms with Crippen LogP contribution in [0.4, 0.5) is 0 Å². The van der Waals surface area contributed by atoms with Crippen LogP contribution in [-0.4, -0.2) is 0 Å². The molecule has 0 saturated heterocycles. The highest BCUT2D eigenvalue weighted by atomic mass is 13.4. The van der Waals surface area contributed by atoms with Crippen LogP contribution in [0.15, 0.2) is 0 Å². The van der Waals surface area contributed by atoms with Gasteiger partial charge in [-0.2, -0.15) is 0 Å². The standard InChI is InChI=1S/C5H4/c1-3-5-4-2/h1H,2H3/i1D. The molecule has 0 radical (unpaired) electrons. The predicted molar refractivity (Wildman–Crippen MR) is 22.3 cm³/mol. The van der Waals surface area contributed by atoms with E-state index >= 15 is 0 Å². The highest BCUT2D eigenvalue weighted by Gasteiger charge is 1.35. The quantitative estimate of drug-likeness (QED) is 0.363. The first-order valence-corrected chi connectivity index (χ1v) is 1.25. The van der Waals surface area contributed by atoms with Crippen molar-refractivity contribution >= 4 is 0 Å². The second-order valence-corrected chi connectivity index (χ2v) is 0.500. The fourth-order valence-corrected chi connectivity index (χ4v) is 0.0625. The van der Waals surface area contributed by atoms with Gasteiger partial charge in [-0.3, -0.25) is 0 Å². The van der Waals surface area contributed by atoms with Crippen LogP contribution in [0.1, 0.15) is 8.29 Å². The van der Waals surface area contributed by atoms with Gasteiger partial charge in [0.05, 0.1) is 0 Å². The Bertz CT molecular complexity index is 107. The minimum Gasteiger partial charge on any atom is -0.106 e. The van der Waals surface area contributed by atoms with Gasteiger partial charge in [-0.15, -0.1) is 6.40 Å². The lowest BCUT2D eigenvalue weighted by molar-refractivity contribution is 1.92. The van der Waals surface area contributed by atoms with Crippen LogP contribution in [0.2, 0.25) is 0 Å². The van der Waals surface area contributed by atoms with Crippen molar-refractivity contribution in [2.45, 2.75) is 6.92 Å². The van der Waals surface area contributed by atoms with Crippen molar-refractivity contribution in [3.8, 4) is 24.2 Å². The first kappa shape index (κ1) is 2.36. The smallest absolute Gasteiger partial charge is 0.106 e. The van der Waals surface area contributed by atoms with Crippen molar-refractivity contribution in [2.24, 2.45) is 0 Å². The van der Waals surface area contributed by atoms with E-state index in [-0.39, 0.29) is 0 Å². The topological polar surface area (TPSA) is 0 Å². The molecule has 0 heteroatoms. The van der Waals surface area contributed by atoms with Crippen molar-refractivity contribution in [1.82, 2.24) is 0 Å². The Kier molecular flexibility index (Phi) is 1.47. The molecule has 0 aromatic heterocycles. The van der Waals surface area contributed by atoms with Crippen LogP contribution >= 0.6 is 0 Å². The summed E-state index contributed by atoms with van der Waals surface area (Å²) in [6.07, 6.45) is 1.90. The maximum absolute atomic E-state index is 6.24. The van der Waals surface area contributed by atoms with E-state index in [1.54, 1.807) is 6.92 Å². The van der Waals surface area contributed by atoms with Gasteiger partial charge in [0.2, 0.25) is 0 Å². The molecular weight excluding hydrogens is 60.1 g/mol. The molecule has 0 heterocycles. The lowest BCUT2D eigenvalue weighted by Crippen LogP contribution is -1.36. The number of rotatable bonds is 0. The van der Waals surface area contributed by atoms with E-state index in [0.717, 1.165) is 0 Å². The molecule has 0 atom stereocenters. The first-order chi connectivity index (χ1) is 2.91. The highest BCUT2D eigenvalue weighted by Crippen LogP contribution is 1.41. The molecule has 0 aliphatic rings. The maximum atomic E-state index is 6.24. The number of terminal acetylenes is 1. The summed E-state index contributed by atoms with van der Waals surface area (Å²) in [4.78, 5) is 0. The summed E-state index contributed by atoms with van der Waals surface area (Å²) in [6, 6.07) is 0. The average Bonchev–Trinajstić information content (AvgIpc) is 1.61. The molecule has 0 N–H and O–H groups in total. The average molecular weight is 65.1 g/mol. The molecule has 0 saturated carbocycles. The molecular formula is C5H4. The molecule has 0 aromatic carbocycles. The summed E-state index contributed by atoms with van der Waals surface area (Å²) in [7, 11) is 0. The van der Waals surface area contributed by atoms with Gasteiger partial charge in [-0.25, -0.2) is 0 Å². The van der Waals surface area contributed by atoms with Crippen molar-refractivity contribution in [2.75, 3.05) is 0 Å². The lowest BCUT2D eigenvalue weighted by atomic mass is 10.6. The molecule has 0 nitrogen and oxygen atoms in total. The van der Waals surface area contributed by atoms with E-state index in [9.17, 15) is 0 Å². The van der Waals surface area contributed by atoms with Gasteiger partial charge in [0.25, 0.3) is 0 Å². The second-order valence-electron chi connectivity index (χ2n) is 0.500. The van der Waals surface area contributed by atoms with Crippen LogP contribution in [-0.2, 0) is 0 Å². The summed E-state index contributed by atoms with van der Waals surface area (Å²) in [5.74, 6) is 7.18. The Labute approximate surface area is 33.6 Å². The van der Waals surface area contributed by atoms with Gasteiger partial charge in [0, 0.05) is 0 Å². The Hall–Kier alpha value is -0.880. The first-order valence-electron chi connectivity index (χ1n) is 1.75. The normalized spacial score (nSPS) is 4.60. The molecule has 0 spiro atoms. The minimum absolute atomic E-state index is 1.68. The summed E-state index contributed by atoms with van der Waals surface area (Å²) in [5, 5.41) is 0. The van der Waals surface area contributed by atoms with Crippen LogP contribution in [0.3, 0.4) is 0 Å². The third kappa shape index (κ3) is 3.12. The van der Waals surface area contributed by atoms with E-state index < -0.39 is 0 Å². The van der Waals surface area contributed by atoms with Crippen LogP contribution in [0.25, 0.3) is 0 Å². The van der Waals surface area contributed by atoms with E-state index in [4.69, 9.17) is 1.37 Å². The van der Waals surface area contributed by atoms with Gasteiger partial charge in [0.15, 0.2) is 0 Å². The van der Waals surface area contributed by atoms with Gasteiger partial charge in [-0.05, 0) is 18.8 Å². The molecule has 0 aromatic rings. The van der Waals surface area contributed by atoms with Gasteiger partial charge >= 0.3 is 0 Å². The van der Waals surface area contributed by atoms with E-state index in [1.165, 1.54) is 0 Å². The third-order valence-corrected chi connectivity index (χ3v) is 0.188. The maximum Gasteiger partial charge on any atom is 0.125 e. The molecule has 24 valence electrons. The van der Waals surface area contributed by atoms with Gasteiger partial charge in [0.1, 0.15) is 1.37 Å². The zero-order valence-electron chi connectivity index (χ0n) is 4.00. The predicted octanol–water partition coefficient (Wildman–Crippen LogP) is 0.643. The number of hydrogen-bond donors (Lipinski definition) is 0. The zero-order chi connectivity index (χ0) is 4.83. The Balaban J connectivity index is 3.43. The molecule has 0 fully saturated rings. The molecule has 0 aliphatic heterocycles. The highest BCUT2D eigenvalue weighted by molar-refractivity contribution is 5.20. The summed E-state index contributed by atoms with van der Waals surface area (Å²) < 4.78 is 6.24. The summed E-state index contributed by atoms with van der Waals surface area (Å²) >= 11 is 0. The van der Waals surface area contributed by atoms with Crippen LogP contribution in [0, 0.1) is 24.2 Å². The fraction of sp³-hybridized carbons (Fsp3) is 0.200. The Morgan fingerprint density at radius 2 is 2.80 bits per heavy atom. The molecule has 0 aliphatic carbocycles. The Morgan fingerprint density at radius 3 is 3.00 bits per heavy atom. The summed E-state index contributed by atoms with van der Waals surface area (Å²) in [6.45, 7) is 1.68. The summed E-state index contributed by atoms with van der Waals surface area (Å²) in [5.41, 5.74) is 0. The lowest BCUT2D eigenvalue weighted by Gasteiger charge is -1.42. The van der Waals surface area contributed by atoms with Gasteiger partial charge < -0.3 is 0 Å². The van der Waals surface area contributed by atoms with Crippen molar-refractivity contribution < 1.29 is 1.37 Å². The van der Waals surface area contributed by atoms with Crippen LogP contribution < -0.4 is 0 Å². The van der Waals surface area contributed by atoms with E-state index in [1.807, 2.05) is 6.40 Å². The third-order valence-electron chi connectivity index (χ3n) is 0.188. The van der Waals surface area contributed by atoms with Crippen molar-refractivity contribution in [3.05, 3.63) is 0 Å². The number of hydrogen-bond acceptors (Lipinski definition) is 0. The molecule has 0 rings (SSSR count). The monoisotopic (exact) mass is 65.0 g/mol. The molecule has 5 heavy (non-hydrogen) atoms. The molecule has 0 amide bonds. The largest absolute Gasteiger partial charge is 0.125 e.